The fraction of sp³-hybridized carbons (Fsp3) is 0.562. The first-order chi connectivity index (χ1) is 9.97. The van der Waals surface area contributed by atoms with Crippen LogP contribution in [0.1, 0.15) is 39.5 Å². The zero-order valence-electron chi connectivity index (χ0n) is 12.6. The Morgan fingerprint density at radius 1 is 1.38 bits per heavy atom. The molecule has 1 fully saturated rings. The Labute approximate surface area is 131 Å². The molecule has 0 aromatic heterocycles. The molecule has 0 unspecified atom stereocenters. The molecular weight excluding hydrogens is 288 g/mol. The quantitative estimate of drug-likeness (QED) is 0.873. The van der Waals surface area contributed by atoms with E-state index in [1.807, 2.05) is 13.8 Å². The van der Waals surface area contributed by atoms with E-state index in [0.717, 1.165) is 12.8 Å². The highest BCUT2D eigenvalue weighted by Crippen LogP contribution is 2.31. The van der Waals surface area contributed by atoms with E-state index in [0.29, 0.717) is 16.5 Å². The van der Waals surface area contributed by atoms with Gasteiger partial charge in [0.25, 0.3) is 0 Å². The number of carbonyl (C=O) groups is 1. The van der Waals surface area contributed by atoms with Crippen LogP contribution in [-0.4, -0.2) is 18.1 Å². The second kappa shape index (κ2) is 7.14. The van der Waals surface area contributed by atoms with E-state index in [2.05, 4.69) is 5.32 Å². The largest absolute Gasteiger partial charge is 0.489 e. The second-order valence-electron chi connectivity index (χ2n) is 5.93. The minimum absolute atomic E-state index is 0.0884. The van der Waals surface area contributed by atoms with Gasteiger partial charge >= 0.3 is 0 Å². The van der Waals surface area contributed by atoms with Crippen molar-refractivity contribution >= 4 is 23.2 Å². The number of ether oxygens (including phenoxy) is 1. The zero-order valence-corrected chi connectivity index (χ0v) is 13.3. The Balaban J connectivity index is 1.99. The van der Waals surface area contributed by atoms with Gasteiger partial charge in [0.2, 0.25) is 5.91 Å². The molecule has 0 spiro atoms. The second-order valence-corrected chi connectivity index (χ2v) is 6.34. The molecule has 0 saturated heterocycles. The molecule has 21 heavy (non-hydrogen) atoms. The molecule has 0 heterocycles. The molecule has 5 heteroatoms. The topological polar surface area (TPSA) is 64.4 Å². The summed E-state index contributed by atoms with van der Waals surface area (Å²) in [6.45, 7) is 3.82. The molecule has 1 aliphatic carbocycles. The van der Waals surface area contributed by atoms with Crippen molar-refractivity contribution in [2.24, 2.45) is 11.7 Å². The van der Waals surface area contributed by atoms with Crippen LogP contribution in [-0.2, 0) is 4.79 Å². The van der Waals surface area contributed by atoms with Crippen molar-refractivity contribution in [3.8, 4) is 5.75 Å². The Morgan fingerprint density at radius 3 is 2.62 bits per heavy atom. The normalized spacial score (nSPS) is 17.0. The van der Waals surface area contributed by atoms with Crippen LogP contribution in [0.5, 0.6) is 5.75 Å². The molecule has 0 radical (unpaired) electrons. The van der Waals surface area contributed by atoms with Crippen LogP contribution in [0.25, 0.3) is 0 Å². The minimum Gasteiger partial charge on any atom is -0.489 e. The van der Waals surface area contributed by atoms with E-state index in [-0.39, 0.29) is 17.9 Å². The van der Waals surface area contributed by atoms with Crippen LogP contribution in [0.15, 0.2) is 18.2 Å². The summed E-state index contributed by atoms with van der Waals surface area (Å²) in [6.07, 6.45) is 4.85. The first-order valence-electron chi connectivity index (χ1n) is 7.50. The number of carbonyl (C=O) groups excluding carboxylic acids is 1. The minimum atomic E-state index is -0.529. The molecule has 116 valence electrons. The number of benzene rings is 1. The van der Waals surface area contributed by atoms with Gasteiger partial charge in [0, 0.05) is 5.69 Å². The van der Waals surface area contributed by atoms with Gasteiger partial charge in [0.05, 0.1) is 17.2 Å². The number of amides is 1. The summed E-state index contributed by atoms with van der Waals surface area (Å²) in [7, 11) is 0. The molecule has 1 atom stereocenters. The van der Waals surface area contributed by atoms with Gasteiger partial charge < -0.3 is 15.8 Å². The number of nitrogens with one attached hydrogen (secondary N) is 1. The summed E-state index contributed by atoms with van der Waals surface area (Å²) >= 11 is 6.23. The Kier molecular flexibility index (Phi) is 5.48. The lowest BCUT2D eigenvalue weighted by Gasteiger charge is -2.17. The van der Waals surface area contributed by atoms with Gasteiger partial charge in [-0.15, -0.1) is 0 Å². The Morgan fingerprint density at radius 2 is 2.05 bits per heavy atom. The van der Waals surface area contributed by atoms with Crippen molar-refractivity contribution < 1.29 is 9.53 Å². The lowest BCUT2D eigenvalue weighted by Crippen LogP contribution is -2.39. The van der Waals surface area contributed by atoms with E-state index in [1.165, 1.54) is 12.8 Å². The zero-order chi connectivity index (χ0) is 15.4. The Hall–Kier alpha value is -1.26. The molecule has 3 N–H and O–H groups in total. The maximum Gasteiger partial charge on any atom is 0.241 e. The van der Waals surface area contributed by atoms with Crippen molar-refractivity contribution in [3.63, 3.8) is 0 Å². The molecule has 1 aliphatic rings. The van der Waals surface area contributed by atoms with Gasteiger partial charge in [-0.1, -0.05) is 25.4 Å². The lowest BCUT2D eigenvalue weighted by molar-refractivity contribution is -0.118. The maximum atomic E-state index is 11.9. The van der Waals surface area contributed by atoms with Crippen LogP contribution >= 0.6 is 11.6 Å². The monoisotopic (exact) mass is 310 g/mol. The van der Waals surface area contributed by atoms with E-state index < -0.39 is 6.04 Å². The highest BCUT2D eigenvalue weighted by molar-refractivity contribution is 6.32. The first-order valence-corrected chi connectivity index (χ1v) is 7.88. The maximum absolute atomic E-state index is 11.9. The van der Waals surface area contributed by atoms with Crippen molar-refractivity contribution in [2.45, 2.75) is 51.7 Å². The number of nitrogens with two attached hydrogens (primary N) is 1. The summed E-state index contributed by atoms with van der Waals surface area (Å²) in [5.74, 6) is 0.561. The molecular formula is C16H23ClN2O2. The van der Waals surface area contributed by atoms with Crippen molar-refractivity contribution in [2.75, 3.05) is 5.32 Å². The third kappa shape index (κ3) is 4.35. The number of anilines is 1. The predicted octanol–water partition coefficient (Wildman–Crippen LogP) is 3.58. The van der Waals surface area contributed by atoms with Crippen molar-refractivity contribution in [3.05, 3.63) is 23.2 Å². The molecule has 1 amide bonds. The summed E-state index contributed by atoms with van der Waals surface area (Å²) in [6, 6.07) is 4.77. The average Bonchev–Trinajstić information content (AvgIpc) is 2.93. The van der Waals surface area contributed by atoms with Gasteiger partial charge in [-0.05, 0) is 49.8 Å². The van der Waals surface area contributed by atoms with Crippen LogP contribution in [0.2, 0.25) is 5.02 Å². The van der Waals surface area contributed by atoms with Gasteiger partial charge in [-0.3, -0.25) is 4.79 Å². The smallest absolute Gasteiger partial charge is 0.241 e. The highest BCUT2D eigenvalue weighted by Gasteiger charge is 2.19. The third-order valence-corrected chi connectivity index (χ3v) is 4.11. The number of rotatable bonds is 5. The molecule has 1 aromatic carbocycles. The predicted molar refractivity (Wildman–Crippen MR) is 85.8 cm³/mol. The fourth-order valence-electron chi connectivity index (χ4n) is 2.39. The molecule has 0 bridgehead atoms. The van der Waals surface area contributed by atoms with E-state index >= 15 is 0 Å². The summed E-state index contributed by atoms with van der Waals surface area (Å²) in [5.41, 5.74) is 6.45. The van der Waals surface area contributed by atoms with Crippen LogP contribution < -0.4 is 15.8 Å². The van der Waals surface area contributed by atoms with Crippen LogP contribution in [0, 0.1) is 5.92 Å². The van der Waals surface area contributed by atoms with E-state index in [1.54, 1.807) is 18.2 Å². The SMILES string of the molecule is CC(C)[C@H](N)C(=O)Nc1ccc(OC2CCCC2)c(Cl)c1. The fourth-order valence-corrected chi connectivity index (χ4v) is 2.61. The lowest BCUT2D eigenvalue weighted by atomic mass is 10.0. The van der Waals surface area contributed by atoms with E-state index in [9.17, 15) is 4.79 Å². The molecule has 1 aromatic rings. The van der Waals surface area contributed by atoms with Crippen LogP contribution in [0.3, 0.4) is 0 Å². The molecule has 0 aliphatic heterocycles. The summed E-state index contributed by atoms with van der Waals surface area (Å²) in [5, 5.41) is 3.29. The van der Waals surface area contributed by atoms with Gasteiger partial charge in [0.15, 0.2) is 0 Å². The molecule has 2 rings (SSSR count). The van der Waals surface area contributed by atoms with Crippen molar-refractivity contribution in [1.82, 2.24) is 0 Å². The van der Waals surface area contributed by atoms with Crippen molar-refractivity contribution in [1.29, 1.82) is 0 Å². The third-order valence-electron chi connectivity index (χ3n) is 3.82. The van der Waals surface area contributed by atoms with Gasteiger partial charge in [0.1, 0.15) is 5.75 Å². The number of hydrogen-bond donors (Lipinski definition) is 2. The first kappa shape index (κ1) is 16.1. The summed E-state index contributed by atoms with van der Waals surface area (Å²) in [4.78, 5) is 11.9. The standard InChI is InChI=1S/C16H23ClN2O2/c1-10(2)15(18)16(20)19-11-7-8-14(13(17)9-11)21-12-5-3-4-6-12/h7-10,12,15H,3-6,18H2,1-2H3,(H,19,20)/t15-/m0/s1. The summed E-state index contributed by atoms with van der Waals surface area (Å²) < 4.78 is 5.88. The number of hydrogen-bond acceptors (Lipinski definition) is 3. The molecule has 1 saturated carbocycles. The molecule has 4 nitrogen and oxygen atoms in total. The van der Waals surface area contributed by atoms with Crippen LogP contribution in [0.4, 0.5) is 5.69 Å². The Bertz CT molecular complexity index is 499. The average molecular weight is 311 g/mol. The van der Waals surface area contributed by atoms with Gasteiger partial charge in [-0.2, -0.15) is 0 Å². The van der Waals surface area contributed by atoms with Gasteiger partial charge in [-0.25, -0.2) is 0 Å². The number of halogens is 1. The highest BCUT2D eigenvalue weighted by atomic mass is 35.5. The van der Waals surface area contributed by atoms with E-state index in [4.69, 9.17) is 22.1 Å².